The Hall–Kier alpha value is -0.610. The van der Waals surface area contributed by atoms with Gasteiger partial charge in [0.05, 0.1) is 6.61 Å². The van der Waals surface area contributed by atoms with Gasteiger partial charge in [0, 0.05) is 25.6 Å². The zero-order chi connectivity index (χ0) is 11.0. The number of rotatable bonds is 7. The molecule has 3 N–H and O–H groups in total. The fourth-order valence-electron chi connectivity index (χ4n) is 1.25. The second-order valence-electron chi connectivity index (χ2n) is 3.48. The summed E-state index contributed by atoms with van der Waals surface area (Å²) >= 11 is 0. The zero-order valence-electron chi connectivity index (χ0n) is 9.20. The molecule has 0 spiro atoms. The van der Waals surface area contributed by atoms with Crippen LogP contribution in [0.5, 0.6) is 0 Å². The van der Waals surface area contributed by atoms with Crippen molar-refractivity contribution in [2.45, 2.75) is 39.2 Å². The first-order valence-corrected chi connectivity index (χ1v) is 5.29. The fraction of sp³-hybridized carbons (Fsp3) is 0.900. The van der Waals surface area contributed by atoms with Gasteiger partial charge in [-0.05, 0) is 12.8 Å². The van der Waals surface area contributed by atoms with Crippen LogP contribution in [-0.4, -0.2) is 41.7 Å². The van der Waals surface area contributed by atoms with E-state index < -0.39 is 0 Å². The summed E-state index contributed by atoms with van der Waals surface area (Å²) < 4.78 is 0. The van der Waals surface area contributed by atoms with Crippen LogP contribution in [0.15, 0.2) is 0 Å². The molecule has 0 saturated carbocycles. The maximum absolute atomic E-state index is 11.6. The van der Waals surface area contributed by atoms with E-state index in [0.29, 0.717) is 19.5 Å². The predicted octanol–water partition coefficient (Wildman–Crippen LogP) is 0.345. The number of carbonyl (C=O) groups is 1. The van der Waals surface area contributed by atoms with Gasteiger partial charge < -0.3 is 15.7 Å². The highest BCUT2D eigenvalue weighted by atomic mass is 16.3. The second-order valence-corrected chi connectivity index (χ2v) is 3.48. The lowest BCUT2D eigenvalue weighted by molar-refractivity contribution is -0.132. The van der Waals surface area contributed by atoms with E-state index in [1.54, 1.807) is 4.90 Å². The molecule has 14 heavy (non-hydrogen) atoms. The average Bonchev–Trinajstić information content (AvgIpc) is 2.17. The minimum Gasteiger partial charge on any atom is -0.395 e. The second kappa shape index (κ2) is 7.76. The molecule has 1 amide bonds. The van der Waals surface area contributed by atoms with Crippen molar-refractivity contribution in [1.29, 1.82) is 0 Å². The lowest BCUT2D eigenvalue weighted by atomic mass is 10.1. The SMILES string of the molecule is CCCN(CCO)C(=O)CC(N)CC. The van der Waals surface area contributed by atoms with Crippen LogP contribution in [0, 0.1) is 0 Å². The van der Waals surface area contributed by atoms with Crippen molar-refractivity contribution in [3.63, 3.8) is 0 Å². The van der Waals surface area contributed by atoms with Crippen molar-refractivity contribution in [3.8, 4) is 0 Å². The highest BCUT2D eigenvalue weighted by Crippen LogP contribution is 2.01. The third-order valence-electron chi connectivity index (χ3n) is 2.18. The molecule has 0 radical (unpaired) electrons. The number of amides is 1. The van der Waals surface area contributed by atoms with Gasteiger partial charge in [0.2, 0.25) is 5.91 Å². The molecule has 4 heteroatoms. The van der Waals surface area contributed by atoms with Gasteiger partial charge in [0.15, 0.2) is 0 Å². The van der Waals surface area contributed by atoms with E-state index in [9.17, 15) is 4.79 Å². The van der Waals surface area contributed by atoms with Crippen LogP contribution >= 0.6 is 0 Å². The minimum absolute atomic E-state index is 0.0209. The molecule has 0 aromatic rings. The fourth-order valence-corrected chi connectivity index (χ4v) is 1.25. The Balaban J connectivity index is 4.00. The Morgan fingerprint density at radius 1 is 1.43 bits per heavy atom. The summed E-state index contributed by atoms with van der Waals surface area (Å²) in [6.45, 7) is 5.12. The van der Waals surface area contributed by atoms with Crippen LogP contribution in [0.1, 0.15) is 33.1 Å². The van der Waals surface area contributed by atoms with Crippen LogP contribution < -0.4 is 5.73 Å². The third-order valence-corrected chi connectivity index (χ3v) is 2.18. The maximum atomic E-state index is 11.6. The molecular weight excluding hydrogens is 180 g/mol. The predicted molar refractivity (Wildman–Crippen MR) is 56.8 cm³/mol. The molecule has 0 saturated heterocycles. The molecule has 4 nitrogen and oxygen atoms in total. The van der Waals surface area contributed by atoms with Gasteiger partial charge in [-0.3, -0.25) is 4.79 Å². The van der Waals surface area contributed by atoms with E-state index in [1.165, 1.54) is 0 Å². The van der Waals surface area contributed by atoms with E-state index >= 15 is 0 Å². The molecule has 1 unspecified atom stereocenters. The van der Waals surface area contributed by atoms with E-state index in [1.807, 2.05) is 13.8 Å². The van der Waals surface area contributed by atoms with E-state index in [4.69, 9.17) is 10.8 Å². The van der Waals surface area contributed by atoms with Crippen molar-refractivity contribution in [3.05, 3.63) is 0 Å². The van der Waals surface area contributed by atoms with E-state index in [2.05, 4.69) is 0 Å². The van der Waals surface area contributed by atoms with Gasteiger partial charge in [0.25, 0.3) is 0 Å². The Bertz CT molecular complexity index is 156. The van der Waals surface area contributed by atoms with Crippen molar-refractivity contribution >= 4 is 5.91 Å². The van der Waals surface area contributed by atoms with Crippen LogP contribution in [0.25, 0.3) is 0 Å². The average molecular weight is 202 g/mol. The van der Waals surface area contributed by atoms with Gasteiger partial charge >= 0.3 is 0 Å². The molecule has 0 aromatic heterocycles. The van der Waals surface area contributed by atoms with Gasteiger partial charge in [0.1, 0.15) is 0 Å². The molecular formula is C10H22N2O2. The van der Waals surface area contributed by atoms with Crippen LogP contribution in [0.2, 0.25) is 0 Å². The monoisotopic (exact) mass is 202 g/mol. The largest absolute Gasteiger partial charge is 0.395 e. The number of nitrogens with zero attached hydrogens (tertiary/aromatic N) is 1. The highest BCUT2D eigenvalue weighted by molar-refractivity contribution is 5.76. The molecule has 0 aliphatic rings. The van der Waals surface area contributed by atoms with Crippen LogP contribution in [0.4, 0.5) is 0 Å². The Labute approximate surface area is 86.1 Å². The number of carbonyl (C=O) groups excluding carboxylic acids is 1. The van der Waals surface area contributed by atoms with Gasteiger partial charge in [-0.1, -0.05) is 13.8 Å². The van der Waals surface area contributed by atoms with Gasteiger partial charge in [-0.25, -0.2) is 0 Å². The number of nitrogens with two attached hydrogens (primary N) is 1. The first-order chi connectivity index (χ1) is 6.65. The van der Waals surface area contributed by atoms with Crippen LogP contribution in [-0.2, 0) is 4.79 Å². The highest BCUT2D eigenvalue weighted by Gasteiger charge is 2.14. The molecule has 0 aromatic carbocycles. The molecule has 0 bridgehead atoms. The van der Waals surface area contributed by atoms with Crippen molar-refractivity contribution in [1.82, 2.24) is 4.90 Å². The maximum Gasteiger partial charge on any atom is 0.224 e. The van der Waals surface area contributed by atoms with Gasteiger partial charge in [-0.2, -0.15) is 0 Å². The van der Waals surface area contributed by atoms with Crippen molar-refractivity contribution in [2.24, 2.45) is 5.73 Å². The van der Waals surface area contributed by atoms with Crippen molar-refractivity contribution in [2.75, 3.05) is 19.7 Å². The summed E-state index contributed by atoms with van der Waals surface area (Å²) in [7, 11) is 0. The molecule has 1 atom stereocenters. The molecule has 0 aliphatic heterocycles. The molecule has 0 fully saturated rings. The number of hydrogen-bond acceptors (Lipinski definition) is 3. The molecule has 84 valence electrons. The Morgan fingerprint density at radius 3 is 2.50 bits per heavy atom. The first-order valence-electron chi connectivity index (χ1n) is 5.29. The zero-order valence-corrected chi connectivity index (χ0v) is 9.20. The van der Waals surface area contributed by atoms with Crippen molar-refractivity contribution < 1.29 is 9.90 Å². The summed E-state index contributed by atoms with van der Waals surface area (Å²) in [5.41, 5.74) is 5.69. The smallest absolute Gasteiger partial charge is 0.224 e. The van der Waals surface area contributed by atoms with Gasteiger partial charge in [-0.15, -0.1) is 0 Å². The summed E-state index contributed by atoms with van der Waals surface area (Å²) in [6, 6.07) is -0.0550. The quantitative estimate of drug-likeness (QED) is 0.626. The Kier molecular flexibility index (Phi) is 7.42. The summed E-state index contributed by atoms with van der Waals surface area (Å²) in [6.07, 6.45) is 2.11. The lowest BCUT2D eigenvalue weighted by Crippen LogP contribution is -2.37. The normalized spacial score (nSPS) is 12.6. The summed E-state index contributed by atoms with van der Waals surface area (Å²) in [4.78, 5) is 13.3. The standard InChI is InChI=1S/C10H22N2O2/c1-3-5-12(6-7-13)10(14)8-9(11)4-2/h9,13H,3-8,11H2,1-2H3. The van der Waals surface area contributed by atoms with E-state index in [-0.39, 0.29) is 18.6 Å². The minimum atomic E-state index is -0.0550. The Morgan fingerprint density at radius 2 is 2.07 bits per heavy atom. The topological polar surface area (TPSA) is 66.6 Å². The number of hydrogen-bond donors (Lipinski definition) is 2. The molecule has 0 heterocycles. The van der Waals surface area contributed by atoms with Crippen LogP contribution in [0.3, 0.4) is 0 Å². The number of aliphatic hydroxyl groups is 1. The first kappa shape index (κ1) is 13.4. The summed E-state index contributed by atoms with van der Waals surface area (Å²) in [5.74, 6) is 0.0512. The lowest BCUT2D eigenvalue weighted by Gasteiger charge is -2.22. The third kappa shape index (κ3) is 5.19. The summed E-state index contributed by atoms with van der Waals surface area (Å²) in [5, 5.41) is 8.78. The number of aliphatic hydroxyl groups excluding tert-OH is 1. The molecule has 0 aliphatic carbocycles. The van der Waals surface area contributed by atoms with E-state index in [0.717, 1.165) is 12.8 Å². The molecule has 0 rings (SSSR count).